The zero-order valence-corrected chi connectivity index (χ0v) is 13.4. The Morgan fingerprint density at radius 2 is 1.91 bits per heavy atom. The molecule has 0 radical (unpaired) electrons. The van der Waals surface area contributed by atoms with Gasteiger partial charge in [-0.2, -0.15) is 0 Å². The van der Waals surface area contributed by atoms with Crippen molar-refractivity contribution in [3.05, 3.63) is 35.4 Å². The highest BCUT2D eigenvalue weighted by Gasteiger charge is 2.47. The molecule has 1 saturated carbocycles. The van der Waals surface area contributed by atoms with Crippen molar-refractivity contribution in [2.75, 3.05) is 19.1 Å². The lowest BCUT2D eigenvalue weighted by Gasteiger charge is -2.21. The molecule has 122 valence electrons. The third-order valence-electron chi connectivity index (χ3n) is 3.88. The van der Waals surface area contributed by atoms with Crippen molar-refractivity contribution in [1.82, 2.24) is 4.90 Å². The summed E-state index contributed by atoms with van der Waals surface area (Å²) in [5, 5.41) is 0. The Balaban J connectivity index is 1.96. The fourth-order valence-electron chi connectivity index (χ4n) is 2.56. The van der Waals surface area contributed by atoms with E-state index in [2.05, 4.69) is 0 Å². The zero-order valence-electron chi connectivity index (χ0n) is 12.6. The number of benzene rings is 1. The zero-order chi connectivity index (χ0) is 16.5. The first-order chi connectivity index (χ1) is 10.1. The van der Waals surface area contributed by atoms with Gasteiger partial charge in [0, 0.05) is 26.3 Å². The molecule has 0 aromatic heterocycles. The second-order valence-corrected chi connectivity index (χ2v) is 8.39. The van der Waals surface area contributed by atoms with Crippen LogP contribution in [0.5, 0.6) is 0 Å². The van der Waals surface area contributed by atoms with E-state index in [-0.39, 0.29) is 24.6 Å². The Hall–Kier alpha value is -1.50. The van der Waals surface area contributed by atoms with Crippen LogP contribution in [0.25, 0.3) is 0 Å². The molecule has 1 aromatic carbocycles. The van der Waals surface area contributed by atoms with Gasteiger partial charge in [0.25, 0.3) is 0 Å². The predicted octanol–water partition coefficient (Wildman–Crippen LogP) is 2.14. The molecule has 0 unspecified atom stereocenters. The van der Waals surface area contributed by atoms with Crippen molar-refractivity contribution in [1.29, 1.82) is 0 Å². The van der Waals surface area contributed by atoms with Crippen LogP contribution >= 0.6 is 0 Å². The Kier molecular flexibility index (Phi) is 4.56. The lowest BCUT2D eigenvalue weighted by Crippen LogP contribution is -2.30. The number of carbonyl (C=O) groups is 1. The Morgan fingerprint density at radius 1 is 1.27 bits per heavy atom. The normalized spacial score (nSPS) is 16.4. The van der Waals surface area contributed by atoms with E-state index in [1.807, 2.05) is 0 Å². The van der Waals surface area contributed by atoms with Crippen LogP contribution in [0, 0.1) is 17.0 Å². The van der Waals surface area contributed by atoms with E-state index in [1.165, 1.54) is 17.2 Å². The van der Waals surface area contributed by atoms with Gasteiger partial charge in [0.05, 0.1) is 5.75 Å². The maximum atomic E-state index is 13.2. The van der Waals surface area contributed by atoms with Crippen LogP contribution < -0.4 is 0 Å². The maximum Gasteiger partial charge on any atom is 0.223 e. The first-order valence-electron chi connectivity index (χ1n) is 6.96. The molecule has 0 aliphatic heterocycles. The minimum absolute atomic E-state index is 0.0186. The number of halogens is 2. The van der Waals surface area contributed by atoms with Gasteiger partial charge in [-0.05, 0) is 36.0 Å². The number of hydrogen-bond donors (Lipinski definition) is 0. The minimum atomic E-state index is -3.12. The third kappa shape index (κ3) is 4.50. The lowest BCUT2D eigenvalue weighted by molar-refractivity contribution is -0.131. The van der Waals surface area contributed by atoms with Crippen molar-refractivity contribution in [3.63, 3.8) is 0 Å². The van der Waals surface area contributed by atoms with E-state index in [1.54, 1.807) is 7.05 Å². The van der Waals surface area contributed by atoms with Gasteiger partial charge in [-0.25, -0.2) is 17.2 Å². The second kappa shape index (κ2) is 5.95. The van der Waals surface area contributed by atoms with E-state index >= 15 is 0 Å². The molecule has 0 spiro atoms. The smallest absolute Gasteiger partial charge is 0.223 e. The highest BCUT2D eigenvalue weighted by atomic mass is 32.2. The summed E-state index contributed by atoms with van der Waals surface area (Å²) in [6.07, 6.45) is 2.79. The van der Waals surface area contributed by atoms with Gasteiger partial charge in [-0.3, -0.25) is 4.79 Å². The van der Waals surface area contributed by atoms with Crippen LogP contribution in [0.4, 0.5) is 8.78 Å². The van der Waals surface area contributed by atoms with Gasteiger partial charge in [-0.15, -0.1) is 0 Å². The summed E-state index contributed by atoms with van der Waals surface area (Å²) in [5.41, 5.74) is 0.0511. The number of sulfone groups is 1. The van der Waals surface area contributed by atoms with Crippen LogP contribution in [-0.2, 0) is 21.2 Å². The maximum absolute atomic E-state index is 13.2. The summed E-state index contributed by atoms with van der Waals surface area (Å²) in [7, 11) is -1.55. The molecule has 2 rings (SSSR count). The topological polar surface area (TPSA) is 54.5 Å². The van der Waals surface area contributed by atoms with Crippen LogP contribution in [0.1, 0.15) is 24.8 Å². The summed E-state index contributed by atoms with van der Waals surface area (Å²) in [6.45, 7) is 0.158. The number of amides is 1. The number of nitrogens with zero attached hydrogens (tertiary/aromatic N) is 1. The number of carbonyl (C=O) groups excluding carboxylic acids is 1. The average molecular weight is 331 g/mol. The lowest BCUT2D eigenvalue weighted by atomic mass is 10.0. The molecule has 1 amide bonds. The van der Waals surface area contributed by atoms with Gasteiger partial charge >= 0.3 is 0 Å². The van der Waals surface area contributed by atoms with Crippen molar-refractivity contribution < 1.29 is 22.0 Å². The largest absolute Gasteiger partial charge is 0.341 e. The first kappa shape index (κ1) is 16.9. The van der Waals surface area contributed by atoms with Crippen molar-refractivity contribution in [3.8, 4) is 0 Å². The van der Waals surface area contributed by atoms with Crippen LogP contribution in [0.2, 0.25) is 0 Å². The monoisotopic (exact) mass is 331 g/mol. The molecule has 0 saturated heterocycles. The highest BCUT2D eigenvalue weighted by Crippen LogP contribution is 2.50. The molecule has 1 fully saturated rings. The number of hydrogen-bond acceptors (Lipinski definition) is 3. The first-order valence-corrected chi connectivity index (χ1v) is 9.02. The van der Waals surface area contributed by atoms with E-state index in [0.29, 0.717) is 5.56 Å². The average Bonchev–Trinajstić information content (AvgIpc) is 3.10. The van der Waals surface area contributed by atoms with E-state index in [4.69, 9.17) is 0 Å². The molecule has 0 heterocycles. The van der Waals surface area contributed by atoms with Crippen LogP contribution in [-0.4, -0.2) is 38.3 Å². The molecule has 7 heteroatoms. The summed E-state index contributed by atoms with van der Waals surface area (Å²) in [6, 6.07) is 3.50. The summed E-state index contributed by atoms with van der Waals surface area (Å²) in [5.74, 6) is -2.05. The summed E-state index contributed by atoms with van der Waals surface area (Å²) < 4.78 is 48.8. The molecule has 0 N–H and O–H groups in total. The SMILES string of the molecule is CN(Cc1ccc(F)c(F)c1)C(=O)CC1(CS(C)(=O)=O)CC1. The predicted molar refractivity (Wildman–Crippen MR) is 78.8 cm³/mol. The van der Waals surface area contributed by atoms with Crippen LogP contribution in [0.3, 0.4) is 0 Å². The van der Waals surface area contributed by atoms with Gasteiger partial charge < -0.3 is 4.90 Å². The van der Waals surface area contributed by atoms with E-state index < -0.39 is 26.9 Å². The standard InChI is InChI=1S/C15H19F2NO3S/c1-18(9-11-3-4-12(16)13(17)7-11)14(19)8-15(5-6-15)10-22(2,20)21/h3-4,7H,5-6,8-10H2,1-2H3. The molecule has 1 aliphatic carbocycles. The highest BCUT2D eigenvalue weighted by molar-refractivity contribution is 7.90. The fraction of sp³-hybridized carbons (Fsp3) is 0.533. The van der Waals surface area contributed by atoms with Crippen molar-refractivity contribution in [2.45, 2.75) is 25.8 Å². The van der Waals surface area contributed by atoms with Crippen LogP contribution in [0.15, 0.2) is 18.2 Å². The van der Waals surface area contributed by atoms with Gasteiger partial charge in [0.1, 0.15) is 9.84 Å². The molecule has 22 heavy (non-hydrogen) atoms. The fourth-order valence-corrected chi connectivity index (χ4v) is 4.06. The quantitative estimate of drug-likeness (QED) is 0.802. The molecule has 0 atom stereocenters. The van der Waals surface area contributed by atoms with E-state index in [9.17, 15) is 22.0 Å². The molecule has 1 aromatic rings. The second-order valence-electron chi connectivity index (χ2n) is 6.25. The Bertz CT molecular complexity index is 684. The van der Waals surface area contributed by atoms with Crippen molar-refractivity contribution in [2.24, 2.45) is 5.41 Å². The van der Waals surface area contributed by atoms with Gasteiger partial charge in [0.15, 0.2) is 11.6 Å². The Labute approximate surface area is 129 Å². The number of rotatable bonds is 6. The van der Waals surface area contributed by atoms with Gasteiger partial charge in [-0.1, -0.05) is 6.07 Å². The third-order valence-corrected chi connectivity index (χ3v) is 5.02. The molecule has 0 bridgehead atoms. The molecular weight excluding hydrogens is 312 g/mol. The summed E-state index contributed by atoms with van der Waals surface area (Å²) in [4.78, 5) is 13.6. The van der Waals surface area contributed by atoms with Gasteiger partial charge in [0.2, 0.25) is 5.91 Å². The minimum Gasteiger partial charge on any atom is -0.341 e. The van der Waals surface area contributed by atoms with Crippen molar-refractivity contribution >= 4 is 15.7 Å². The molecule has 4 nitrogen and oxygen atoms in total. The Morgan fingerprint density at radius 3 is 2.41 bits per heavy atom. The molecular formula is C15H19F2NO3S. The summed E-state index contributed by atoms with van der Waals surface area (Å²) >= 11 is 0. The molecule has 1 aliphatic rings. The van der Waals surface area contributed by atoms with E-state index in [0.717, 1.165) is 25.0 Å².